The molecule has 4 nitrogen and oxygen atoms in total. The van der Waals surface area contributed by atoms with Crippen molar-refractivity contribution in [3.8, 4) is 0 Å². The summed E-state index contributed by atoms with van der Waals surface area (Å²) in [7, 11) is 0. The van der Waals surface area contributed by atoms with Gasteiger partial charge in [-0.2, -0.15) is 0 Å². The standard InChI is InChI=1S/C11H7F3N2O2.BrH/c12-7-4-9(14)8(13)3-6(7)10(17)5-16-1-2-18-11(16)15;/h1-4,15H,5H2;1H. The maximum Gasteiger partial charge on any atom is 0.294 e. The molecular formula is C11H8BrF3N2O2. The lowest BCUT2D eigenvalue weighted by atomic mass is 10.1. The summed E-state index contributed by atoms with van der Waals surface area (Å²) in [6.07, 6.45) is 2.48. The molecule has 0 radical (unpaired) electrons. The Morgan fingerprint density at radius 3 is 2.42 bits per heavy atom. The molecule has 0 spiro atoms. The molecule has 0 aliphatic heterocycles. The second-order valence-electron chi connectivity index (χ2n) is 3.51. The summed E-state index contributed by atoms with van der Waals surface area (Å²) in [5.41, 5.74) is -0.867. The number of ketones is 1. The van der Waals surface area contributed by atoms with Crippen molar-refractivity contribution in [2.45, 2.75) is 6.54 Å². The van der Waals surface area contributed by atoms with Crippen molar-refractivity contribution in [3.63, 3.8) is 0 Å². The molecule has 19 heavy (non-hydrogen) atoms. The molecule has 0 bridgehead atoms. The summed E-state index contributed by atoms with van der Waals surface area (Å²) < 4.78 is 44.6. The van der Waals surface area contributed by atoms with Crippen LogP contribution < -0.4 is 5.68 Å². The van der Waals surface area contributed by atoms with Gasteiger partial charge in [0.2, 0.25) is 0 Å². The fourth-order valence-corrected chi connectivity index (χ4v) is 1.40. The number of hydrogen-bond donors (Lipinski definition) is 1. The number of nitrogens with zero attached hydrogens (tertiary/aromatic N) is 1. The van der Waals surface area contributed by atoms with Gasteiger partial charge in [-0.1, -0.05) is 0 Å². The van der Waals surface area contributed by atoms with Crippen molar-refractivity contribution in [1.29, 1.82) is 5.41 Å². The van der Waals surface area contributed by atoms with Crippen LogP contribution in [0.15, 0.2) is 29.0 Å². The Balaban J connectivity index is 0.00000180. The molecular weight excluding hydrogens is 329 g/mol. The number of rotatable bonds is 3. The topological polar surface area (TPSA) is 59.0 Å². The number of halogens is 4. The molecule has 0 fully saturated rings. The van der Waals surface area contributed by atoms with E-state index in [1.54, 1.807) is 0 Å². The van der Waals surface area contributed by atoms with Crippen molar-refractivity contribution >= 4 is 22.8 Å². The Morgan fingerprint density at radius 1 is 1.21 bits per heavy atom. The van der Waals surface area contributed by atoms with Crippen molar-refractivity contribution in [2.24, 2.45) is 0 Å². The molecule has 2 aromatic rings. The highest BCUT2D eigenvalue weighted by molar-refractivity contribution is 8.93. The van der Waals surface area contributed by atoms with Crippen LogP contribution in [0.4, 0.5) is 13.2 Å². The molecule has 0 aliphatic rings. The van der Waals surface area contributed by atoms with Crippen molar-refractivity contribution in [1.82, 2.24) is 4.57 Å². The first kappa shape index (κ1) is 15.2. The highest BCUT2D eigenvalue weighted by Crippen LogP contribution is 2.14. The molecule has 8 heteroatoms. The Kier molecular flexibility index (Phi) is 4.71. The first-order chi connectivity index (χ1) is 8.49. The molecule has 1 aromatic heterocycles. The zero-order valence-corrected chi connectivity index (χ0v) is 11.0. The van der Waals surface area contributed by atoms with Crippen LogP contribution >= 0.6 is 17.0 Å². The van der Waals surface area contributed by atoms with E-state index >= 15 is 0 Å². The largest absolute Gasteiger partial charge is 0.432 e. The SMILES string of the molecule is Br.N=c1occn1CC(=O)c1cc(F)c(F)cc1F. The average molecular weight is 337 g/mol. The van der Waals surface area contributed by atoms with Crippen LogP contribution in [0, 0.1) is 22.9 Å². The molecule has 0 aliphatic carbocycles. The van der Waals surface area contributed by atoms with Crippen molar-refractivity contribution < 1.29 is 22.4 Å². The number of benzene rings is 1. The number of nitrogens with one attached hydrogen (secondary N) is 1. The van der Waals surface area contributed by atoms with Crippen LogP contribution in [-0.4, -0.2) is 10.4 Å². The van der Waals surface area contributed by atoms with Gasteiger partial charge in [0, 0.05) is 12.3 Å². The lowest BCUT2D eigenvalue weighted by Crippen LogP contribution is -2.20. The Labute approximate surface area is 115 Å². The average Bonchev–Trinajstić information content (AvgIpc) is 2.69. The first-order valence-corrected chi connectivity index (χ1v) is 4.85. The number of hydrogen-bond acceptors (Lipinski definition) is 3. The van der Waals surface area contributed by atoms with Gasteiger partial charge in [-0.05, 0) is 6.07 Å². The van der Waals surface area contributed by atoms with E-state index in [1.165, 1.54) is 12.5 Å². The van der Waals surface area contributed by atoms with Gasteiger partial charge in [0.05, 0.1) is 12.1 Å². The summed E-state index contributed by atoms with van der Waals surface area (Å²) in [6.45, 7) is -0.392. The lowest BCUT2D eigenvalue weighted by Gasteiger charge is -2.04. The Morgan fingerprint density at radius 2 is 1.84 bits per heavy atom. The van der Waals surface area contributed by atoms with Gasteiger partial charge in [-0.25, -0.2) is 13.2 Å². The van der Waals surface area contributed by atoms with Crippen LogP contribution in [0.25, 0.3) is 0 Å². The zero-order valence-electron chi connectivity index (χ0n) is 9.32. The van der Waals surface area contributed by atoms with Gasteiger partial charge >= 0.3 is 0 Å². The van der Waals surface area contributed by atoms with E-state index < -0.39 is 35.3 Å². The summed E-state index contributed by atoms with van der Waals surface area (Å²) >= 11 is 0. The number of carbonyl (C=O) groups is 1. The Hall–Kier alpha value is -1.83. The Bertz CT molecular complexity index is 666. The molecule has 0 saturated carbocycles. The molecule has 1 heterocycles. The predicted molar refractivity (Wildman–Crippen MR) is 63.5 cm³/mol. The fourth-order valence-electron chi connectivity index (χ4n) is 1.40. The minimum atomic E-state index is -1.36. The summed E-state index contributed by atoms with van der Waals surface area (Å²) in [5.74, 6) is -4.59. The highest BCUT2D eigenvalue weighted by Gasteiger charge is 2.16. The predicted octanol–water partition coefficient (Wildman–Crippen LogP) is 2.44. The smallest absolute Gasteiger partial charge is 0.294 e. The van der Waals surface area contributed by atoms with Gasteiger partial charge in [-0.3, -0.25) is 14.8 Å². The van der Waals surface area contributed by atoms with E-state index in [-0.39, 0.29) is 22.7 Å². The molecule has 0 amide bonds. The number of aromatic nitrogens is 1. The minimum absolute atomic E-state index is 0. The van der Waals surface area contributed by atoms with Crippen molar-refractivity contribution in [2.75, 3.05) is 0 Å². The second-order valence-corrected chi connectivity index (χ2v) is 3.51. The summed E-state index contributed by atoms with van der Waals surface area (Å²) in [6, 6.07) is 0.807. The van der Waals surface area contributed by atoms with Crippen LogP contribution in [-0.2, 0) is 6.54 Å². The third kappa shape index (κ3) is 3.14. The third-order valence-electron chi connectivity index (χ3n) is 2.31. The number of carbonyl (C=O) groups excluding carboxylic acids is 1. The van der Waals surface area contributed by atoms with Gasteiger partial charge in [-0.15, -0.1) is 17.0 Å². The molecule has 2 rings (SSSR count). The minimum Gasteiger partial charge on any atom is -0.432 e. The number of Topliss-reactive ketones (excluding diaryl/α,β-unsaturated/α-hetero) is 1. The molecule has 0 atom stereocenters. The van der Waals surface area contributed by atoms with Gasteiger partial charge in [0.1, 0.15) is 12.1 Å². The van der Waals surface area contributed by atoms with E-state index in [9.17, 15) is 18.0 Å². The van der Waals surface area contributed by atoms with Gasteiger partial charge in [0.15, 0.2) is 17.4 Å². The van der Waals surface area contributed by atoms with E-state index in [0.29, 0.717) is 12.1 Å². The lowest BCUT2D eigenvalue weighted by molar-refractivity contribution is 0.0964. The van der Waals surface area contributed by atoms with Gasteiger partial charge in [0.25, 0.3) is 5.68 Å². The second kappa shape index (κ2) is 5.87. The fraction of sp³-hybridized carbons (Fsp3) is 0.0909. The first-order valence-electron chi connectivity index (χ1n) is 4.85. The molecule has 1 N–H and O–H groups in total. The van der Waals surface area contributed by atoms with Crippen molar-refractivity contribution in [3.05, 3.63) is 53.3 Å². The maximum absolute atomic E-state index is 13.3. The monoisotopic (exact) mass is 336 g/mol. The van der Waals surface area contributed by atoms with Crippen LogP contribution in [0.1, 0.15) is 10.4 Å². The highest BCUT2D eigenvalue weighted by atomic mass is 79.9. The normalized spacial score (nSPS) is 10.1. The third-order valence-corrected chi connectivity index (χ3v) is 2.31. The molecule has 0 saturated heterocycles. The van der Waals surface area contributed by atoms with E-state index in [0.717, 1.165) is 4.57 Å². The van der Waals surface area contributed by atoms with Crippen LogP contribution in [0.5, 0.6) is 0 Å². The molecule has 1 aromatic carbocycles. The maximum atomic E-state index is 13.3. The zero-order chi connectivity index (χ0) is 13.3. The van der Waals surface area contributed by atoms with Crippen LogP contribution in [0.3, 0.4) is 0 Å². The number of oxazole rings is 1. The quantitative estimate of drug-likeness (QED) is 0.691. The van der Waals surface area contributed by atoms with Crippen LogP contribution in [0.2, 0.25) is 0 Å². The molecule has 102 valence electrons. The van der Waals surface area contributed by atoms with Gasteiger partial charge < -0.3 is 4.42 Å². The van der Waals surface area contributed by atoms with E-state index in [1.807, 2.05) is 0 Å². The van der Waals surface area contributed by atoms with E-state index in [4.69, 9.17) is 5.41 Å². The van der Waals surface area contributed by atoms with E-state index in [2.05, 4.69) is 4.42 Å². The summed E-state index contributed by atoms with van der Waals surface area (Å²) in [5, 5.41) is 7.25. The summed E-state index contributed by atoms with van der Waals surface area (Å²) in [4.78, 5) is 11.7. The molecule has 0 unspecified atom stereocenters.